The van der Waals surface area contributed by atoms with E-state index in [9.17, 15) is 4.79 Å². The van der Waals surface area contributed by atoms with E-state index in [-0.39, 0.29) is 11.9 Å². The fourth-order valence-corrected chi connectivity index (χ4v) is 2.94. The molecular weight excluding hydrogens is 242 g/mol. The third-order valence-corrected chi connectivity index (χ3v) is 3.91. The summed E-state index contributed by atoms with van der Waals surface area (Å²) in [6.07, 6.45) is 5.36. The van der Waals surface area contributed by atoms with E-state index < -0.39 is 0 Å². The zero-order chi connectivity index (χ0) is 13.4. The molecule has 3 rings (SSSR count). The van der Waals surface area contributed by atoms with Crippen LogP contribution in [0.15, 0.2) is 24.3 Å². The summed E-state index contributed by atoms with van der Waals surface area (Å²) in [5, 5.41) is 0. The van der Waals surface area contributed by atoms with Crippen LogP contribution in [-0.4, -0.2) is 31.6 Å². The number of carbonyl (C=O) groups excluding carboxylic acids is 1. The molecule has 0 unspecified atom stereocenters. The van der Waals surface area contributed by atoms with Crippen LogP contribution in [0.1, 0.15) is 23.6 Å². The summed E-state index contributed by atoms with van der Waals surface area (Å²) >= 11 is 0. The van der Waals surface area contributed by atoms with Crippen LogP contribution in [0.3, 0.4) is 0 Å². The summed E-state index contributed by atoms with van der Waals surface area (Å²) in [5.74, 6) is 1.59. The van der Waals surface area contributed by atoms with Gasteiger partial charge >= 0.3 is 0 Å². The number of amides is 1. The second-order valence-corrected chi connectivity index (χ2v) is 4.84. The van der Waals surface area contributed by atoms with Crippen molar-refractivity contribution in [3.63, 3.8) is 0 Å². The first kappa shape index (κ1) is 12.1. The molecule has 0 aliphatic carbocycles. The lowest BCUT2D eigenvalue weighted by Crippen LogP contribution is -2.40. The van der Waals surface area contributed by atoms with Crippen molar-refractivity contribution in [3.05, 3.63) is 35.4 Å². The summed E-state index contributed by atoms with van der Waals surface area (Å²) in [5.41, 5.74) is 2.43. The molecule has 2 aliphatic heterocycles. The second kappa shape index (κ2) is 4.61. The first-order valence-electron chi connectivity index (χ1n) is 6.46. The van der Waals surface area contributed by atoms with Gasteiger partial charge in [0.1, 0.15) is 0 Å². The Kier molecular flexibility index (Phi) is 2.93. The van der Waals surface area contributed by atoms with Crippen molar-refractivity contribution in [2.45, 2.75) is 18.9 Å². The smallest absolute Gasteiger partial charge is 0.246 e. The predicted octanol–water partition coefficient (Wildman–Crippen LogP) is 2.09. The molecule has 19 heavy (non-hydrogen) atoms. The topological polar surface area (TPSA) is 38.8 Å². The average molecular weight is 259 g/mol. The van der Waals surface area contributed by atoms with Crippen LogP contribution in [0.25, 0.3) is 0 Å². The normalized spacial score (nSPS) is 20.8. The average Bonchev–Trinajstić information content (AvgIpc) is 2.45. The first-order chi connectivity index (χ1) is 9.24. The van der Waals surface area contributed by atoms with Crippen molar-refractivity contribution >= 4 is 5.91 Å². The molecule has 0 aromatic heterocycles. The number of benzene rings is 1. The minimum Gasteiger partial charge on any atom is -0.493 e. The second-order valence-electron chi connectivity index (χ2n) is 4.84. The van der Waals surface area contributed by atoms with E-state index in [4.69, 9.17) is 9.47 Å². The molecule has 1 amide bonds. The molecule has 4 heteroatoms. The van der Waals surface area contributed by atoms with Crippen molar-refractivity contribution in [1.29, 1.82) is 0 Å². The molecule has 0 N–H and O–H groups in total. The van der Waals surface area contributed by atoms with Crippen LogP contribution in [0.4, 0.5) is 0 Å². The van der Waals surface area contributed by atoms with E-state index in [1.165, 1.54) is 11.1 Å². The summed E-state index contributed by atoms with van der Waals surface area (Å²) in [7, 11) is 3.28. The van der Waals surface area contributed by atoms with Crippen LogP contribution in [0.5, 0.6) is 11.5 Å². The van der Waals surface area contributed by atoms with Gasteiger partial charge < -0.3 is 14.4 Å². The van der Waals surface area contributed by atoms with Crippen molar-refractivity contribution in [2.75, 3.05) is 20.8 Å². The van der Waals surface area contributed by atoms with Gasteiger partial charge in [-0.3, -0.25) is 4.79 Å². The number of hydrogen-bond donors (Lipinski definition) is 0. The van der Waals surface area contributed by atoms with Crippen LogP contribution >= 0.6 is 0 Å². The van der Waals surface area contributed by atoms with Crippen molar-refractivity contribution < 1.29 is 14.3 Å². The molecule has 100 valence electrons. The Hall–Kier alpha value is -1.97. The van der Waals surface area contributed by atoms with Crippen molar-refractivity contribution in [3.8, 4) is 11.5 Å². The Morgan fingerprint density at radius 1 is 1.21 bits per heavy atom. The summed E-state index contributed by atoms with van der Waals surface area (Å²) < 4.78 is 10.7. The maximum atomic E-state index is 11.9. The summed E-state index contributed by atoms with van der Waals surface area (Å²) in [6, 6.07) is 4.19. The van der Waals surface area contributed by atoms with Gasteiger partial charge in [0.2, 0.25) is 5.91 Å². The monoisotopic (exact) mass is 259 g/mol. The number of fused-ring (bicyclic) bond motifs is 3. The lowest BCUT2D eigenvalue weighted by Gasteiger charge is -2.38. The van der Waals surface area contributed by atoms with Gasteiger partial charge in [-0.05, 0) is 42.2 Å². The third kappa shape index (κ3) is 1.87. The van der Waals surface area contributed by atoms with Crippen molar-refractivity contribution in [2.24, 2.45) is 0 Å². The van der Waals surface area contributed by atoms with Crippen LogP contribution in [-0.2, 0) is 11.2 Å². The Morgan fingerprint density at radius 2 is 1.95 bits per heavy atom. The molecule has 0 saturated heterocycles. The minimum atomic E-state index is 0.108. The highest BCUT2D eigenvalue weighted by atomic mass is 16.5. The largest absolute Gasteiger partial charge is 0.493 e. The summed E-state index contributed by atoms with van der Waals surface area (Å²) in [4.78, 5) is 13.8. The van der Waals surface area contributed by atoms with Gasteiger partial charge in [0.05, 0.1) is 20.3 Å². The van der Waals surface area contributed by atoms with E-state index >= 15 is 0 Å². The molecule has 1 atom stereocenters. The molecule has 0 bridgehead atoms. The molecule has 4 nitrogen and oxygen atoms in total. The van der Waals surface area contributed by atoms with Gasteiger partial charge in [0, 0.05) is 6.54 Å². The Bertz CT molecular complexity index is 551. The molecule has 2 aliphatic rings. The number of methoxy groups -OCH3 is 2. The maximum absolute atomic E-state index is 11.9. The SMILES string of the molecule is COc1cc2c(cc1OC)[C@H]1CC=CC(=O)N1CC2. The highest BCUT2D eigenvalue weighted by molar-refractivity contribution is 5.89. The number of rotatable bonds is 2. The van der Waals surface area contributed by atoms with Crippen LogP contribution < -0.4 is 9.47 Å². The Labute approximate surface area is 112 Å². The van der Waals surface area contributed by atoms with E-state index in [0.717, 1.165) is 30.9 Å². The molecule has 1 aromatic rings. The molecule has 0 fully saturated rings. The molecule has 0 radical (unpaired) electrons. The fraction of sp³-hybridized carbons (Fsp3) is 0.400. The number of carbonyl (C=O) groups is 1. The highest BCUT2D eigenvalue weighted by Crippen LogP contribution is 2.40. The standard InChI is InChI=1S/C15H17NO3/c1-18-13-8-10-6-7-16-12(4-3-5-15(16)17)11(10)9-14(13)19-2/h3,5,8-9,12H,4,6-7H2,1-2H3/t12-/m1/s1. The number of ether oxygens (including phenoxy) is 2. The fourth-order valence-electron chi connectivity index (χ4n) is 2.94. The first-order valence-corrected chi connectivity index (χ1v) is 6.46. The molecule has 0 saturated carbocycles. The zero-order valence-electron chi connectivity index (χ0n) is 11.2. The molecule has 0 spiro atoms. The number of hydrogen-bond acceptors (Lipinski definition) is 3. The lowest BCUT2D eigenvalue weighted by atomic mass is 9.88. The predicted molar refractivity (Wildman–Crippen MR) is 71.5 cm³/mol. The Balaban J connectivity index is 2.07. The van der Waals surface area contributed by atoms with Gasteiger partial charge in [-0.25, -0.2) is 0 Å². The molecule has 1 aromatic carbocycles. The van der Waals surface area contributed by atoms with Gasteiger partial charge in [0.15, 0.2) is 11.5 Å². The van der Waals surface area contributed by atoms with Crippen molar-refractivity contribution in [1.82, 2.24) is 4.90 Å². The number of nitrogens with zero attached hydrogens (tertiary/aromatic N) is 1. The zero-order valence-corrected chi connectivity index (χ0v) is 11.2. The van der Waals surface area contributed by atoms with Gasteiger partial charge in [-0.1, -0.05) is 6.08 Å². The van der Waals surface area contributed by atoms with E-state index in [0.29, 0.717) is 0 Å². The van der Waals surface area contributed by atoms with Gasteiger partial charge in [-0.15, -0.1) is 0 Å². The quantitative estimate of drug-likeness (QED) is 0.816. The van der Waals surface area contributed by atoms with Gasteiger partial charge in [-0.2, -0.15) is 0 Å². The molecular formula is C15H17NO3. The third-order valence-electron chi connectivity index (χ3n) is 3.91. The lowest BCUT2D eigenvalue weighted by molar-refractivity contribution is -0.129. The van der Waals surface area contributed by atoms with Crippen LogP contribution in [0, 0.1) is 0 Å². The Morgan fingerprint density at radius 3 is 2.68 bits per heavy atom. The van der Waals surface area contributed by atoms with Crippen LogP contribution in [0.2, 0.25) is 0 Å². The summed E-state index contributed by atoms with van der Waals surface area (Å²) in [6.45, 7) is 0.774. The maximum Gasteiger partial charge on any atom is 0.246 e. The minimum absolute atomic E-state index is 0.108. The van der Waals surface area contributed by atoms with Gasteiger partial charge in [0.25, 0.3) is 0 Å². The van der Waals surface area contributed by atoms with E-state index in [1.807, 2.05) is 23.1 Å². The van der Waals surface area contributed by atoms with E-state index in [1.54, 1.807) is 20.3 Å². The molecule has 2 heterocycles. The van der Waals surface area contributed by atoms with E-state index in [2.05, 4.69) is 0 Å². The highest BCUT2D eigenvalue weighted by Gasteiger charge is 2.32.